The average Bonchev–Trinajstić information content (AvgIpc) is 2.31. The molecular weight excluding hydrogens is 394 g/mol. The second-order valence-electron chi connectivity index (χ2n) is 4.49. The Balaban J connectivity index is 2.49. The molecule has 100 valence electrons. The Hall–Kier alpha value is -0.380. The van der Waals surface area contributed by atoms with Crippen LogP contribution in [0, 0.1) is 19.7 Å². The van der Waals surface area contributed by atoms with E-state index in [1.165, 1.54) is 0 Å². The smallest absolute Gasteiger partial charge is 0.123 e. The summed E-state index contributed by atoms with van der Waals surface area (Å²) in [6.07, 6.45) is 0. The predicted molar refractivity (Wildman–Crippen MR) is 85.8 cm³/mol. The molecule has 0 aliphatic heterocycles. The maximum atomic E-state index is 13.3. The van der Waals surface area contributed by atoms with Gasteiger partial charge < -0.3 is 0 Å². The van der Waals surface area contributed by atoms with Crippen molar-refractivity contribution in [2.45, 2.75) is 18.7 Å². The molecule has 4 heteroatoms. The summed E-state index contributed by atoms with van der Waals surface area (Å²) in [4.78, 5) is -0.00120. The van der Waals surface area contributed by atoms with Gasteiger partial charge in [-0.15, -0.1) is 0 Å². The van der Waals surface area contributed by atoms with Crippen molar-refractivity contribution in [2.75, 3.05) is 0 Å². The fourth-order valence-electron chi connectivity index (χ4n) is 2.16. The zero-order valence-electron chi connectivity index (χ0n) is 10.5. The summed E-state index contributed by atoms with van der Waals surface area (Å²) >= 11 is 13.2. The Labute approximate surface area is 134 Å². The van der Waals surface area contributed by atoms with Crippen molar-refractivity contribution in [1.82, 2.24) is 0 Å². The van der Waals surface area contributed by atoms with Gasteiger partial charge in [0.2, 0.25) is 0 Å². The van der Waals surface area contributed by atoms with Gasteiger partial charge in [0.1, 0.15) is 5.82 Å². The van der Waals surface area contributed by atoms with Crippen LogP contribution in [0.1, 0.15) is 27.1 Å². The first-order valence-electron chi connectivity index (χ1n) is 5.76. The van der Waals surface area contributed by atoms with E-state index in [1.54, 1.807) is 12.1 Å². The number of alkyl halides is 1. The SMILES string of the molecule is Cc1cc(F)cc(C)c1C(Br)c1ccc(Br)c(Cl)c1. The Kier molecular flexibility index (Phi) is 4.70. The monoisotopic (exact) mass is 404 g/mol. The van der Waals surface area contributed by atoms with E-state index in [0.29, 0.717) is 5.02 Å². The molecule has 2 aromatic carbocycles. The van der Waals surface area contributed by atoms with Crippen LogP contribution in [0.15, 0.2) is 34.8 Å². The number of aryl methyl sites for hydroxylation is 2. The maximum absolute atomic E-state index is 13.3. The number of rotatable bonds is 2. The Morgan fingerprint density at radius 2 is 1.68 bits per heavy atom. The maximum Gasteiger partial charge on any atom is 0.123 e. The van der Waals surface area contributed by atoms with Crippen LogP contribution in [0.5, 0.6) is 0 Å². The molecular formula is C15H12Br2ClF. The van der Waals surface area contributed by atoms with E-state index < -0.39 is 0 Å². The quantitative estimate of drug-likeness (QED) is 0.510. The predicted octanol–water partition coefficient (Wildman–Crippen LogP) is 6.34. The van der Waals surface area contributed by atoms with E-state index in [1.807, 2.05) is 32.0 Å². The van der Waals surface area contributed by atoms with Gasteiger partial charge in [0, 0.05) is 4.47 Å². The second-order valence-corrected chi connectivity index (χ2v) is 6.67. The highest BCUT2D eigenvalue weighted by molar-refractivity contribution is 9.10. The highest BCUT2D eigenvalue weighted by Gasteiger charge is 2.17. The van der Waals surface area contributed by atoms with Gasteiger partial charge in [-0.25, -0.2) is 4.39 Å². The molecule has 0 nitrogen and oxygen atoms in total. The van der Waals surface area contributed by atoms with Gasteiger partial charge in [0.05, 0.1) is 9.85 Å². The van der Waals surface area contributed by atoms with Crippen molar-refractivity contribution < 1.29 is 4.39 Å². The number of hydrogen-bond acceptors (Lipinski definition) is 0. The molecule has 0 radical (unpaired) electrons. The molecule has 0 amide bonds. The molecule has 2 aromatic rings. The highest BCUT2D eigenvalue weighted by atomic mass is 79.9. The fourth-order valence-corrected chi connectivity index (χ4v) is 3.60. The Morgan fingerprint density at radius 3 is 2.21 bits per heavy atom. The van der Waals surface area contributed by atoms with Crippen LogP contribution in [-0.4, -0.2) is 0 Å². The summed E-state index contributed by atoms with van der Waals surface area (Å²) in [6, 6.07) is 8.93. The highest BCUT2D eigenvalue weighted by Crippen LogP contribution is 2.37. The van der Waals surface area contributed by atoms with Crippen molar-refractivity contribution in [2.24, 2.45) is 0 Å². The summed E-state index contributed by atoms with van der Waals surface area (Å²) in [5.74, 6) is -0.202. The Bertz CT molecular complexity index is 603. The standard InChI is InChI=1S/C15H12Br2ClF/c1-8-5-11(19)6-9(2)14(8)15(17)10-3-4-12(16)13(18)7-10/h3-7,15H,1-2H3. The molecule has 0 heterocycles. The number of benzene rings is 2. The van der Waals surface area contributed by atoms with Gasteiger partial charge in [-0.05, 0) is 76.3 Å². The summed E-state index contributed by atoms with van der Waals surface area (Å²) in [7, 11) is 0. The van der Waals surface area contributed by atoms with Crippen LogP contribution in [0.25, 0.3) is 0 Å². The van der Waals surface area contributed by atoms with Crippen molar-refractivity contribution in [3.05, 3.63) is 67.9 Å². The van der Waals surface area contributed by atoms with E-state index in [9.17, 15) is 4.39 Å². The lowest BCUT2D eigenvalue weighted by Gasteiger charge is -2.17. The largest absolute Gasteiger partial charge is 0.207 e. The van der Waals surface area contributed by atoms with Crippen molar-refractivity contribution >= 4 is 43.5 Å². The van der Waals surface area contributed by atoms with Gasteiger partial charge in [-0.3, -0.25) is 0 Å². The van der Waals surface area contributed by atoms with E-state index >= 15 is 0 Å². The normalized spacial score (nSPS) is 12.5. The minimum Gasteiger partial charge on any atom is -0.207 e. The molecule has 0 aliphatic carbocycles. The lowest BCUT2D eigenvalue weighted by atomic mass is 9.96. The topological polar surface area (TPSA) is 0 Å². The molecule has 2 rings (SSSR count). The zero-order valence-corrected chi connectivity index (χ0v) is 14.4. The molecule has 0 bridgehead atoms. The lowest BCUT2D eigenvalue weighted by molar-refractivity contribution is 0.624. The average molecular weight is 407 g/mol. The molecule has 1 unspecified atom stereocenters. The van der Waals surface area contributed by atoms with E-state index in [-0.39, 0.29) is 10.6 Å². The van der Waals surface area contributed by atoms with Crippen LogP contribution in [0.4, 0.5) is 4.39 Å². The molecule has 0 saturated heterocycles. The molecule has 0 fully saturated rings. The zero-order chi connectivity index (χ0) is 14.2. The minimum atomic E-state index is -0.202. The third-order valence-electron chi connectivity index (χ3n) is 3.05. The molecule has 0 spiro atoms. The van der Waals surface area contributed by atoms with Gasteiger partial charge in [-0.1, -0.05) is 33.6 Å². The molecule has 1 atom stereocenters. The summed E-state index contributed by atoms with van der Waals surface area (Å²) in [6.45, 7) is 3.83. The van der Waals surface area contributed by atoms with Crippen LogP contribution >= 0.6 is 43.5 Å². The van der Waals surface area contributed by atoms with E-state index in [2.05, 4.69) is 31.9 Å². The van der Waals surface area contributed by atoms with Gasteiger partial charge in [0.25, 0.3) is 0 Å². The van der Waals surface area contributed by atoms with Crippen molar-refractivity contribution in [3.63, 3.8) is 0 Å². The summed E-state index contributed by atoms with van der Waals surface area (Å²) < 4.78 is 14.2. The summed E-state index contributed by atoms with van der Waals surface area (Å²) in [5.41, 5.74) is 3.99. The summed E-state index contributed by atoms with van der Waals surface area (Å²) in [5, 5.41) is 0.666. The lowest BCUT2D eigenvalue weighted by Crippen LogP contribution is -2.00. The van der Waals surface area contributed by atoms with Gasteiger partial charge in [0.15, 0.2) is 0 Å². The number of halogens is 4. The number of hydrogen-bond donors (Lipinski definition) is 0. The molecule has 0 saturated carbocycles. The van der Waals surface area contributed by atoms with Crippen LogP contribution in [0.2, 0.25) is 5.02 Å². The van der Waals surface area contributed by atoms with E-state index in [0.717, 1.165) is 26.7 Å². The van der Waals surface area contributed by atoms with Gasteiger partial charge in [-0.2, -0.15) is 0 Å². The minimum absolute atomic E-state index is 0.00120. The second kappa shape index (κ2) is 5.94. The molecule has 0 N–H and O–H groups in total. The Morgan fingerprint density at radius 1 is 1.11 bits per heavy atom. The third-order valence-corrected chi connectivity index (χ3v) is 5.27. The first-order valence-corrected chi connectivity index (χ1v) is 7.84. The molecule has 0 aliphatic rings. The first-order chi connectivity index (χ1) is 8.90. The molecule has 0 aromatic heterocycles. The van der Waals surface area contributed by atoms with Crippen LogP contribution in [-0.2, 0) is 0 Å². The fraction of sp³-hybridized carbons (Fsp3) is 0.200. The van der Waals surface area contributed by atoms with Crippen LogP contribution < -0.4 is 0 Å². The van der Waals surface area contributed by atoms with E-state index in [4.69, 9.17) is 11.6 Å². The molecule has 19 heavy (non-hydrogen) atoms. The van der Waals surface area contributed by atoms with Crippen molar-refractivity contribution in [1.29, 1.82) is 0 Å². The van der Waals surface area contributed by atoms with Crippen LogP contribution in [0.3, 0.4) is 0 Å². The van der Waals surface area contributed by atoms with Crippen molar-refractivity contribution in [3.8, 4) is 0 Å². The van der Waals surface area contributed by atoms with Gasteiger partial charge >= 0.3 is 0 Å². The third kappa shape index (κ3) is 3.21. The first kappa shape index (κ1) is 15.0.